The maximum atomic E-state index is 12.9. The molecule has 0 fully saturated rings. The van der Waals surface area contributed by atoms with Gasteiger partial charge in [0.05, 0.1) is 12.1 Å². The van der Waals surface area contributed by atoms with Gasteiger partial charge in [0.1, 0.15) is 18.1 Å². The molecule has 0 saturated heterocycles. The monoisotopic (exact) mass is 418 g/mol. The third kappa shape index (κ3) is 4.12. The summed E-state index contributed by atoms with van der Waals surface area (Å²) < 4.78 is 14.5. The summed E-state index contributed by atoms with van der Waals surface area (Å²) in [7, 11) is 0. The van der Waals surface area contributed by atoms with Gasteiger partial charge < -0.3 is 0 Å². The van der Waals surface area contributed by atoms with Gasteiger partial charge in [-0.05, 0) is 47.9 Å². The van der Waals surface area contributed by atoms with Gasteiger partial charge >= 0.3 is 0 Å². The Kier molecular flexibility index (Phi) is 5.42. The van der Waals surface area contributed by atoms with Crippen LogP contribution in [0, 0.1) is 11.8 Å². The standard InChI is InChI=1S/C27H19FN4/c28-15-18-32-19-25(21-13-16-29-17-14-21)27(31-32)23-8-5-20(6-9-23)7-11-24-12-10-22-3-1-2-4-26(22)30-24/h1-6,8-10,12-14,16-17,19H,15,18H2. The zero-order chi connectivity index (χ0) is 21.8. The van der Waals surface area contributed by atoms with Crippen LogP contribution in [-0.2, 0) is 6.54 Å². The molecule has 5 heteroatoms. The van der Waals surface area contributed by atoms with Crippen molar-refractivity contribution in [3.05, 3.63) is 103 Å². The number of hydrogen-bond acceptors (Lipinski definition) is 3. The molecule has 0 N–H and O–H groups in total. The average Bonchev–Trinajstić information content (AvgIpc) is 3.28. The predicted octanol–water partition coefficient (Wildman–Crippen LogP) is 5.53. The van der Waals surface area contributed by atoms with Crippen LogP contribution in [0.4, 0.5) is 4.39 Å². The molecule has 5 rings (SSSR count). The van der Waals surface area contributed by atoms with Crippen molar-refractivity contribution in [2.24, 2.45) is 0 Å². The van der Waals surface area contributed by atoms with Crippen LogP contribution in [-0.4, -0.2) is 26.4 Å². The smallest absolute Gasteiger partial charge is 0.114 e. The molecule has 4 nitrogen and oxygen atoms in total. The normalized spacial score (nSPS) is 10.7. The summed E-state index contributed by atoms with van der Waals surface area (Å²) in [5, 5.41) is 5.71. The molecule has 32 heavy (non-hydrogen) atoms. The molecule has 3 aromatic heterocycles. The van der Waals surface area contributed by atoms with E-state index in [1.54, 1.807) is 17.1 Å². The van der Waals surface area contributed by atoms with E-state index in [1.165, 1.54) is 0 Å². The first kappa shape index (κ1) is 19.7. The molecule has 0 bridgehead atoms. The quantitative estimate of drug-likeness (QED) is 0.361. The van der Waals surface area contributed by atoms with Crippen molar-refractivity contribution in [2.75, 3.05) is 6.67 Å². The summed E-state index contributed by atoms with van der Waals surface area (Å²) in [4.78, 5) is 8.68. The topological polar surface area (TPSA) is 43.6 Å². The van der Waals surface area contributed by atoms with Crippen molar-refractivity contribution in [1.82, 2.24) is 19.7 Å². The van der Waals surface area contributed by atoms with E-state index in [2.05, 4.69) is 26.9 Å². The van der Waals surface area contributed by atoms with Crippen molar-refractivity contribution >= 4 is 10.9 Å². The minimum absolute atomic E-state index is 0.223. The number of nitrogens with zero attached hydrogens (tertiary/aromatic N) is 4. The van der Waals surface area contributed by atoms with Gasteiger partial charge in [-0.3, -0.25) is 9.67 Å². The molecular formula is C27H19FN4. The highest BCUT2D eigenvalue weighted by Gasteiger charge is 2.13. The van der Waals surface area contributed by atoms with Crippen LogP contribution in [0.1, 0.15) is 11.3 Å². The fourth-order valence-corrected chi connectivity index (χ4v) is 3.56. The summed E-state index contributed by atoms with van der Waals surface area (Å²) in [5.41, 5.74) is 6.24. The SMILES string of the molecule is FCCn1cc(-c2ccncc2)c(-c2ccc(C#Cc3ccc4ccccc4n3)cc2)n1. The van der Waals surface area contributed by atoms with Gasteiger partial charge in [-0.1, -0.05) is 42.3 Å². The molecular weight excluding hydrogens is 399 g/mol. The molecule has 0 aliphatic heterocycles. The first-order valence-corrected chi connectivity index (χ1v) is 10.3. The molecule has 0 amide bonds. The van der Waals surface area contributed by atoms with Crippen LogP contribution in [0.5, 0.6) is 0 Å². The van der Waals surface area contributed by atoms with Crippen molar-refractivity contribution < 1.29 is 4.39 Å². The summed E-state index contributed by atoms with van der Waals surface area (Å²) in [5.74, 6) is 6.32. The van der Waals surface area contributed by atoms with Crippen LogP contribution in [0.2, 0.25) is 0 Å². The second kappa shape index (κ2) is 8.83. The molecule has 0 aliphatic rings. The Hall–Kier alpha value is -4.30. The summed E-state index contributed by atoms with van der Waals surface area (Å²) in [6.45, 7) is -0.241. The highest BCUT2D eigenvalue weighted by Crippen LogP contribution is 2.31. The van der Waals surface area contributed by atoms with Gasteiger partial charge in [-0.15, -0.1) is 0 Å². The summed E-state index contributed by atoms with van der Waals surface area (Å²) in [6.07, 6.45) is 5.36. The number of alkyl halides is 1. The lowest BCUT2D eigenvalue weighted by Gasteiger charge is -2.03. The Labute approximate surface area is 185 Å². The third-order valence-electron chi connectivity index (χ3n) is 5.16. The van der Waals surface area contributed by atoms with E-state index in [0.29, 0.717) is 0 Å². The Morgan fingerprint density at radius 1 is 0.812 bits per heavy atom. The molecule has 2 aromatic carbocycles. The van der Waals surface area contributed by atoms with Crippen LogP contribution in [0.25, 0.3) is 33.3 Å². The average molecular weight is 418 g/mol. The van der Waals surface area contributed by atoms with E-state index < -0.39 is 6.67 Å². The minimum atomic E-state index is -0.464. The van der Waals surface area contributed by atoms with Gasteiger partial charge in [0.2, 0.25) is 0 Å². The van der Waals surface area contributed by atoms with Gasteiger partial charge in [0.25, 0.3) is 0 Å². The Morgan fingerprint density at radius 2 is 1.62 bits per heavy atom. The maximum Gasteiger partial charge on any atom is 0.114 e. The van der Waals surface area contributed by atoms with E-state index >= 15 is 0 Å². The Balaban J connectivity index is 1.44. The number of para-hydroxylation sites is 1. The first-order chi connectivity index (χ1) is 15.8. The third-order valence-corrected chi connectivity index (χ3v) is 5.16. The van der Waals surface area contributed by atoms with E-state index in [1.807, 2.05) is 79.0 Å². The molecule has 0 radical (unpaired) electrons. The van der Waals surface area contributed by atoms with Crippen LogP contribution >= 0.6 is 0 Å². The van der Waals surface area contributed by atoms with Crippen molar-refractivity contribution in [3.63, 3.8) is 0 Å². The van der Waals surface area contributed by atoms with Crippen LogP contribution in [0.15, 0.2) is 91.4 Å². The maximum absolute atomic E-state index is 12.9. The summed E-state index contributed by atoms with van der Waals surface area (Å²) in [6, 6.07) is 23.7. The molecule has 3 heterocycles. The van der Waals surface area contributed by atoms with Gasteiger partial charge in [0, 0.05) is 40.7 Å². The van der Waals surface area contributed by atoms with Crippen molar-refractivity contribution in [1.29, 1.82) is 0 Å². The van der Waals surface area contributed by atoms with E-state index in [-0.39, 0.29) is 6.54 Å². The van der Waals surface area contributed by atoms with E-state index in [0.717, 1.165) is 44.5 Å². The lowest BCUT2D eigenvalue weighted by atomic mass is 10.0. The number of fused-ring (bicyclic) bond motifs is 1. The van der Waals surface area contributed by atoms with Crippen molar-refractivity contribution in [3.8, 4) is 34.2 Å². The Bertz CT molecular complexity index is 1430. The molecule has 5 aromatic rings. The number of halogens is 1. The minimum Gasteiger partial charge on any atom is -0.269 e. The number of aryl methyl sites for hydroxylation is 1. The fraction of sp³-hybridized carbons (Fsp3) is 0.0741. The zero-order valence-corrected chi connectivity index (χ0v) is 17.2. The lowest BCUT2D eigenvalue weighted by molar-refractivity contribution is 0.427. The van der Waals surface area contributed by atoms with E-state index in [4.69, 9.17) is 0 Å². The molecule has 0 unspecified atom stereocenters. The molecule has 0 saturated carbocycles. The number of hydrogen-bond donors (Lipinski definition) is 0. The molecule has 0 atom stereocenters. The second-order valence-corrected chi connectivity index (χ2v) is 7.30. The van der Waals surface area contributed by atoms with Gasteiger partial charge in [0.15, 0.2) is 0 Å². The zero-order valence-electron chi connectivity index (χ0n) is 17.2. The highest BCUT2D eigenvalue weighted by atomic mass is 19.1. The largest absolute Gasteiger partial charge is 0.269 e. The Morgan fingerprint density at radius 3 is 2.44 bits per heavy atom. The van der Waals surface area contributed by atoms with Crippen molar-refractivity contribution in [2.45, 2.75) is 6.54 Å². The predicted molar refractivity (Wildman–Crippen MR) is 125 cm³/mol. The molecule has 0 spiro atoms. The summed E-state index contributed by atoms with van der Waals surface area (Å²) >= 11 is 0. The number of benzene rings is 2. The van der Waals surface area contributed by atoms with Gasteiger partial charge in [-0.25, -0.2) is 9.37 Å². The molecule has 154 valence electrons. The fourth-order valence-electron chi connectivity index (χ4n) is 3.56. The van der Waals surface area contributed by atoms with Gasteiger partial charge in [-0.2, -0.15) is 5.10 Å². The highest BCUT2D eigenvalue weighted by molar-refractivity contribution is 5.81. The van der Waals surface area contributed by atoms with Crippen LogP contribution in [0.3, 0.4) is 0 Å². The lowest BCUT2D eigenvalue weighted by Crippen LogP contribution is -1.99. The first-order valence-electron chi connectivity index (χ1n) is 10.3. The number of rotatable bonds is 4. The molecule has 0 aliphatic carbocycles. The number of aromatic nitrogens is 4. The van der Waals surface area contributed by atoms with E-state index in [9.17, 15) is 4.39 Å². The van der Waals surface area contributed by atoms with Crippen LogP contribution < -0.4 is 0 Å². The second-order valence-electron chi connectivity index (χ2n) is 7.30. The number of pyridine rings is 2.